The third-order valence-corrected chi connectivity index (χ3v) is 6.60. The molecule has 1 N–H and O–H groups in total. The van der Waals surface area contributed by atoms with Crippen LogP contribution in [0.4, 0.5) is 4.39 Å². The van der Waals surface area contributed by atoms with Crippen molar-refractivity contribution in [3.05, 3.63) is 89.7 Å². The highest BCUT2D eigenvalue weighted by atomic mass is 32.2. The maximum absolute atomic E-state index is 14.9. The van der Waals surface area contributed by atoms with Crippen molar-refractivity contribution in [1.82, 2.24) is 20.1 Å². The average molecular weight is 491 g/mol. The van der Waals surface area contributed by atoms with Gasteiger partial charge in [0.1, 0.15) is 11.6 Å². The largest absolute Gasteiger partial charge is 0.497 e. The molecule has 0 fully saturated rings. The topological polar surface area (TPSA) is 69.0 Å². The van der Waals surface area contributed by atoms with E-state index in [0.717, 1.165) is 17.5 Å². The second kappa shape index (κ2) is 11.2. The summed E-state index contributed by atoms with van der Waals surface area (Å²) in [5.74, 6) is 1.25. The molecule has 0 aliphatic heterocycles. The Morgan fingerprint density at radius 2 is 1.89 bits per heavy atom. The Morgan fingerprint density at radius 1 is 1.09 bits per heavy atom. The lowest BCUT2D eigenvalue weighted by Crippen LogP contribution is -2.31. The fourth-order valence-corrected chi connectivity index (χ4v) is 4.41. The molecule has 1 aromatic heterocycles. The van der Waals surface area contributed by atoms with Crippen molar-refractivity contribution in [2.45, 2.75) is 37.2 Å². The van der Waals surface area contributed by atoms with E-state index in [0.29, 0.717) is 33.7 Å². The number of nitrogens with zero attached hydrogens (tertiary/aromatic N) is 3. The molecule has 35 heavy (non-hydrogen) atoms. The van der Waals surface area contributed by atoms with Crippen LogP contribution in [0.15, 0.2) is 78.0 Å². The van der Waals surface area contributed by atoms with Crippen molar-refractivity contribution in [2.24, 2.45) is 0 Å². The first kappa shape index (κ1) is 24.5. The first-order valence-corrected chi connectivity index (χ1v) is 12.4. The van der Waals surface area contributed by atoms with Crippen LogP contribution in [-0.2, 0) is 5.75 Å². The van der Waals surface area contributed by atoms with E-state index in [9.17, 15) is 9.18 Å². The van der Waals surface area contributed by atoms with Crippen LogP contribution in [0.3, 0.4) is 0 Å². The molecule has 3 aromatic carbocycles. The average Bonchev–Trinajstić information content (AvgIpc) is 3.31. The summed E-state index contributed by atoms with van der Waals surface area (Å²) in [6.07, 6.45) is 0.864. The van der Waals surface area contributed by atoms with Gasteiger partial charge in [-0.2, -0.15) is 0 Å². The predicted molar refractivity (Wildman–Crippen MR) is 137 cm³/mol. The second-order valence-electron chi connectivity index (χ2n) is 8.10. The van der Waals surface area contributed by atoms with E-state index in [2.05, 4.69) is 15.5 Å². The summed E-state index contributed by atoms with van der Waals surface area (Å²) in [6.45, 7) is 4.01. The third kappa shape index (κ3) is 5.71. The third-order valence-electron chi connectivity index (χ3n) is 5.60. The van der Waals surface area contributed by atoms with Gasteiger partial charge >= 0.3 is 0 Å². The molecule has 1 atom stereocenters. The highest BCUT2D eigenvalue weighted by Crippen LogP contribution is 2.32. The highest BCUT2D eigenvalue weighted by molar-refractivity contribution is 7.98. The highest BCUT2D eigenvalue weighted by Gasteiger charge is 2.19. The van der Waals surface area contributed by atoms with Gasteiger partial charge in [0, 0.05) is 22.9 Å². The number of hydrogen-bond acceptors (Lipinski definition) is 5. The zero-order valence-electron chi connectivity index (χ0n) is 19.9. The minimum absolute atomic E-state index is 0.0963. The molecule has 0 spiro atoms. The van der Waals surface area contributed by atoms with Crippen LogP contribution in [0.2, 0.25) is 0 Å². The number of halogens is 1. The quantitative estimate of drug-likeness (QED) is 0.296. The molecule has 0 saturated carbocycles. The smallest absolute Gasteiger partial charge is 0.251 e. The van der Waals surface area contributed by atoms with Crippen molar-refractivity contribution in [2.75, 3.05) is 7.11 Å². The Balaban J connectivity index is 1.65. The fourth-order valence-electron chi connectivity index (χ4n) is 3.52. The molecule has 4 rings (SSSR count). The SMILES string of the molecule is CC[C@H](C)NC(=O)c1cccc(CSc2nnc(-c3cccc(OC)c3)n2-c2ccccc2F)c1. The molecule has 0 aliphatic carbocycles. The number of thioether (sulfide) groups is 1. The lowest BCUT2D eigenvalue weighted by molar-refractivity contribution is 0.0939. The molecule has 0 unspecified atom stereocenters. The van der Waals surface area contributed by atoms with Gasteiger partial charge in [-0.25, -0.2) is 4.39 Å². The lowest BCUT2D eigenvalue weighted by atomic mass is 10.1. The molecule has 4 aromatic rings. The summed E-state index contributed by atoms with van der Waals surface area (Å²) in [4.78, 5) is 12.5. The van der Waals surface area contributed by atoms with Gasteiger partial charge in [-0.15, -0.1) is 10.2 Å². The minimum atomic E-state index is -0.373. The zero-order valence-corrected chi connectivity index (χ0v) is 20.7. The first-order chi connectivity index (χ1) is 17.0. The Bertz CT molecular complexity index is 1320. The Labute approximate surface area is 208 Å². The summed E-state index contributed by atoms with van der Waals surface area (Å²) < 4.78 is 21.9. The van der Waals surface area contributed by atoms with Gasteiger partial charge in [-0.1, -0.05) is 55.1 Å². The number of hydrogen-bond donors (Lipinski definition) is 1. The van der Waals surface area contributed by atoms with Gasteiger partial charge in [0.25, 0.3) is 5.91 Å². The summed E-state index contributed by atoms with van der Waals surface area (Å²) in [5, 5.41) is 12.3. The van der Waals surface area contributed by atoms with Crippen LogP contribution < -0.4 is 10.1 Å². The summed E-state index contributed by atoms with van der Waals surface area (Å²) in [7, 11) is 1.60. The lowest BCUT2D eigenvalue weighted by Gasteiger charge is -2.13. The van der Waals surface area contributed by atoms with Crippen molar-refractivity contribution in [1.29, 1.82) is 0 Å². The molecule has 1 heterocycles. The molecule has 0 radical (unpaired) electrons. The predicted octanol–water partition coefficient (Wildman–Crippen LogP) is 5.90. The van der Waals surface area contributed by atoms with E-state index in [1.54, 1.807) is 35.9 Å². The van der Waals surface area contributed by atoms with Crippen LogP contribution >= 0.6 is 11.8 Å². The van der Waals surface area contributed by atoms with Crippen LogP contribution in [-0.4, -0.2) is 33.8 Å². The number of carbonyl (C=O) groups excluding carboxylic acids is 1. The van der Waals surface area contributed by atoms with Gasteiger partial charge < -0.3 is 10.1 Å². The molecule has 0 aliphatic rings. The maximum Gasteiger partial charge on any atom is 0.251 e. The van der Waals surface area contributed by atoms with Crippen molar-refractivity contribution >= 4 is 17.7 Å². The zero-order chi connectivity index (χ0) is 24.8. The first-order valence-electron chi connectivity index (χ1n) is 11.4. The number of para-hydroxylation sites is 1. The number of methoxy groups -OCH3 is 1. The van der Waals surface area contributed by atoms with Crippen LogP contribution in [0.25, 0.3) is 17.1 Å². The molecular weight excluding hydrogens is 463 g/mol. The van der Waals surface area contributed by atoms with Crippen molar-refractivity contribution in [3.8, 4) is 22.8 Å². The van der Waals surface area contributed by atoms with Gasteiger partial charge in [0.15, 0.2) is 11.0 Å². The molecule has 0 bridgehead atoms. The molecule has 0 saturated heterocycles. The van der Waals surface area contributed by atoms with Crippen molar-refractivity contribution in [3.63, 3.8) is 0 Å². The number of aromatic nitrogens is 3. The molecule has 180 valence electrons. The Morgan fingerprint density at radius 3 is 2.66 bits per heavy atom. The Hall–Kier alpha value is -3.65. The second-order valence-corrected chi connectivity index (χ2v) is 9.04. The summed E-state index contributed by atoms with van der Waals surface area (Å²) in [5.41, 5.74) is 2.68. The van der Waals surface area contributed by atoms with E-state index < -0.39 is 0 Å². The normalized spacial score (nSPS) is 11.8. The van der Waals surface area contributed by atoms with E-state index in [-0.39, 0.29) is 17.8 Å². The van der Waals surface area contributed by atoms with Gasteiger partial charge in [0.2, 0.25) is 0 Å². The number of carbonyl (C=O) groups is 1. The number of nitrogens with one attached hydrogen (secondary N) is 1. The summed E-state index contributed by atoms with van der Waals surface area (Å²) >= 11 is 1.43. The van der Waals surface area contributed by atoms with Gasteiger partial charge in [-0.05, 0) is 55.3 Å². The number of benzene rings is 3. The van der Waals surface area contributed by atoms with E-state index in [1.165, 1.54) is 17.8 Å². The monoisotopic (exact) mass is 490 g/mol. The van der Waals surface area contributed by atoms with Crippen LogP contribution in [0.5, 0.6) is 5.75 Å². The number of rotatable bonds is 9. The van der Waals surface area contributed by atoms with E-state index >= 15 is 0 Å². The molecule has 8 heteroatoms. The molecular formula is C27H27FN4O2S. The van der Waals surface area contributed by atoms with E-state index in [4.69, 9.17) is 4.74 Å². The van der Waals surface area contributed by atoms with E-state index in [1.807, 2.05) is 56.3 Å². The number of ether oxygens (including phenoxy) is 1. The van der Waals surface area contributed by atoms with Gasteiger partial charge in [0.05, 0.1) is 12.8 Å². The molecule has 1 amide bonds. The standard InChI is InChI=1S/C27H27FN4O2S/c1-4-18(2)29-26(33)21-11-7-9-19(15-21)17-35-27-31-30-25(20-10-8-12-22(16-20)34-3)32(27)24-14-6-5-13-23(24)28/h5-16,18H,4,17H2,1-3H3,(H,29,33)/t18-/m0/s1. The summed E-state index contributed by atoms with van der Waals surface area (Å²) in [6, 6.07) is 21.6. The van der Waals surface area contributed by atoms with Crippen molar-refractivity contribution < 1.29 is 13.9 Å². The number of amides is 1. The maximum atomic E-state index is 14.9. The minimum Gasteiger partial charge on any atom is -0.497 e. The van der Waals surface area contributed by atoms with Crippen LogP contribution in [0, 0.1) is 5.82 Å². The molecule has 6 nitrogen and oxygen atoms in total. The van der Waals surface area contributed by atoms with Crippen LogP contribution in [0.1, 0.15) is 36.2 Å². The Kier molecular flexibility index (Phi) is 7.82. The fraction of sp³-hybridized carbons (Fsp3) is 0.222. The van der Waals surface area contributed by atoms with Gasteiger partial charge in [-0.3, -0.25) is 9.36 Å².